The molecule has 2 aromatic carbocycles. The van der Waals surface area contributed by atoms with Gasteiger partial charge in [-0.25, -0.2) is 9.79 Å². The molecule has 2 heterocycles. The molecule has 31 heavy (non-hydrogen) atoms. The highest BCUT2D eigenvalue weighted by atomic mass is 35.5. The van der Waals surface area contributed by atoms with Crippen molar-refractivity contribution in [1.29, 1.82) is 0 Å². The van der Waals surface area contributed by atoms with E-state index in [2.05, 4.69) is 4.99 Å². The van der Waals surface area contributed by atoms with Crippen LogP contribution in [0, 0.1) is 0 Å². The molecule has 0 N–H and O–H groups in total. The molecule has 0 aliphatic carbocycles. The molecule has 1 saturated heterocycles. The summed E-state index contributed by atoms with van der Waals surface area (Å²) in [5.74, 6) is 0.613. The Balaban J connectivity index is 1.57. The third-order valence-corrected chi connectivity index (χ3v) is 5.84. The Morgan fingerprint density at radius 3 is 2.68 bits per heavy atom. The van der Waals surface area contributed by atoms with Crippen molar-refractivity contribution in [2.45, 2.75) is 0 Å². The van der Waals surface area contributed by atoms with Gasteiger partial charge in [-0.2, -0.15) is 0 Å². The normalized spacial score (nSPS) is 16.4. The number of esters is 1. The van der Waals surface area contributed by atoms with Gasteiger partial charge in [0.2, 0.25) is 0 Å². The van der Waals surface area contributed by atoms with Gasteiger partial charge in [-0.05, 0) is 66.4 Å². The highest BCUT2D eigenvalue weighted by molar-refractivity contribution is 8.18. The van der Waals surface area contributed by atoms with Crippen molar-refractivity contribution in [3.05, 3.63) is 81.9 Å². The molecule has 1 aliphatic rings. The lowest BCUT2D eigenvalue weighted by molar-refractivity contribution is -0.121. The number of furan rings is 1. The van der Waals surface area contributed by atoms with Crippen LogP contribution < -0.4 is 0 Å². The van der Waals surface area contributed by atoms with Crippen molar-refractivity contribution in [1.82, 2.24) is 4.90 Å². The van der Waals surface area contributed by atoms with Crippen molar-refractivity contribution in [2.24, 2.45) is 4.99 Å². The zero-order chi connectivity index (χ0) is 22.0. The lowest BCUT2D eigenvalue weighted by atomic mass is 10.2. The molecule has 1 aliphatic heterocycles. The van der Waals surface area contributed by atoms with Gasteiger partial charge in [0, 0.05) is 23.7 Å². The first kappa shape index (κ1) is 21.0. The molecule has 0 spiro atoms. The molecule has 0 unspecified atom stereocenters. The van der Waals surface area contributed by atoms with Crippen LogP contribution in [0.3, 0.4) is 0 Å². The number of methoxy groups -OCH3 is 1. The Hall–Kier alpha value is -3.29. The SMILES string of the molecule is COC(=O)c1cccc(N=C2SC(=Cc3ccc(-c4ccc(Cl)cc4)o3)C(=O)N2C)c1. The molecule has 6 nitrogen and oxygen atoms in total. The Morgan fingerprint density at radius 1 is 1.16 bits per heavy atom. The topological polar surface area (TPSA) is 72.1 Å². The maximum absolute atomic E-state index is 12.7. The number of aliphatic imine (C=N–C) groups is 1. The number of thioether (sulfide) groups is 1. The fourth-order valence-electron chi connectivity index (χ4n) is 2.91. The van der Waals surface area contributed by atoms with E-state index in [4.69, 9.17) is 20.8 Å². The van der Waals surface area contributed by atoms with Crippen LogP contribution in [-0.4, -0.2) is 36.1 Å². The van der Waals surface area contributed by atoms with Crippen molar-refractivity contribution >= 4 is 52.2 Å². The Bertz CT molecular complexity index is 1210. The van der Waals surface area contributed by atoms with Crippen LogP contribution in [0.2, 0.25) is 5.02 Å². The van der Waals surface area contributed by atoms with Gasteiger partial charge >= 0.3 is 5.97 Å². The van der Waals surface area contributed by atoms with Gasteiger partial charge in [-0.1, -0.05) is 17.7 Å². The van der Waals surface area contributed by atoms with E-state index in [9.17, 15) is 9.59 Å². The minimum absolute atomic E-state index is 0.183. The fraction of sp³-hybridized carbons (Fsp3) is 0.0870. The summed E-state index contributed by atoms with van der Waals surface area (Å²) in [5.41, 5.74) is 1.83. The number of hydrogen-bond donors (Lipinski definition) is 0. The summed E-state index contributed by atoms with van der Waals surface area (Å²) in [6.07, 6.45) is 1.69. The summed E-state index contributed by atoms with van der Waals surface area (Å²) in [6.45, 7) is 0. The van der Waals surface area contributed by atoms with Crippen LogP contribution in [0.25, 0.3) is 17.4 Å². The van der Waals surface area contributed by atoms with Gasteiger partial charge in [0.1, 0.15) is 11.5 Å². The number of amidine groups is 1. The average molecular weight is 453 g/mol. The number of carbonyl (C=O) groups excluding carboxylic acids is 2. The lowest BCUT2D eigenvalue weighted by Gasteiger charge is -2.07. The quantitative estimate of drug-likeness (QED) is 0.379. The zero-order valence-corrected chi connectivity index (χ0v) is 18.2. The molecular formula is C23H17ClN2O4S. The van der Waals surface area contributed by atoms with Crippen LogP contribution in [0.15, 0.2) is 75.0 Å². The standard InChI is InChI=1S/C23H17ClN2O4S/c1-26-21(27)20(13-18-10-11-19(30-18)14-6-8-16(24)9-7-14)31-23(26)25-17-5-3-4-15(12-17)22(28)29-2/h3-13H,1-2H3. The van der Waals surface area contributed by atoms with Gasteiger partial charge in [-0.3, -0.25) is 9.69 Å². The molecular weight excluding hydrogens is 436 g/mol. The van der Waals surface area contributed by atoms with Gasteiger partial charge in [0.05, 0.1) is 23.3 Å². The number of amides is 1. The van der Waals surface area contributed by atoms with Crippen LogP contribution in [-0.2, 0) is 9.53 Å². The van der Waals surface area contributed by atoms with E-state index in [1.807, 2.05) is 18.2 Å². The molecule has 1 amide bonds. The summed E-state index contributed by atoms with van der Waals surface area (Å²) in [6, 6.07) is 17.7. The second-order valence-corrected chi connectivity index (χ2v) is 8.07. The second kappa shape index (κ2) is 8.83. The molecule has 1 aromatic heterocycles. The first-order valence-corrected chi connectivity index (χ1v) is 10.4. The summed E-state index contributed by atoms with van der Waals surface area (Å²) in [7, 11) is 2.98. The highest BCUT2D eigenvalue weighted by Gasteiger charge is 2.30. The minimum atomic E-state index is -0.444. The largest absolute Gasteiger partial charge is 0.465 e. The number of nitrogens with zero attached hydrogens (tertiary/aromatic N) is 2. The summed E-state index contributed by atoms with van der Waals surface area (Å²) in [4.78, 5) is 30.9. The number of hydrogen-bond acceptors (Lipinski definition) is 6. The van der Waals surface area contributed by atoms with E-state index in [-0.39, 0.29) is 5.91 Å². The maximum atomic E-state index is 12.7. The number of likely N-dealkylation sites (N-methyl/N-ethyl adjacent to an activating group) is 1. The Labute approximate surface area is 188 Å². The summed E-state index contributed by atoms with van der Waals surface area (Å²) >= 11 is 7.17. The lowest BCUT2D eigenvalue weighted by Crippen LogP contribution is -2.23. The number of carbonyl (C=O) groups is 2. The summed E-state index contributed by atoms with van der Waals surface area (Å²) < 4.78 is 10.6. The van der Waals surface area contributed by atoms with Crippen molar-refractivity contribution in [3.8, 4) is 11.3 Å². The third kappa shape index (κ3) is 4.57. The predicted octanol–water partition coefficient (Wildman–Crippen LogP) is 5.62. The van der Waals surface area contributed by atoms with E-state index >= 15 is 0 Å². The molecule has 1 fully saturated rings. The van der Waals surface area contributed by atoms with Crippen molar-refractivity contribution in [3.63, 3.8) is 0 Å². The molecule has 156 valence electrons. The third-order valence-electron chi connectivity index (χ3n) is 4.52. The molecule has 0 radical (unpaired) electrons. The predicted molar refractivity (Wildman–Crippen MR) is 122 cm³/mol. The Morgan fingerprint density at radius 2 is 1.94 bits per heavy atom. The van der Waals surface area contributed by atoms with E-state index in [0.29, 0.717) is 37.9 Å². The van der Waals surface area contributed by atoms with Crippen LogP contribution in [0.5, 0.6) is 0 Å². The summed E-state index contributed by atoms with van der Waals surface area (Å²) in [5, 5.41) is 1.15. The number of halogens is 1. The molecule has 8 heteroatoms. The first-order chi connectivity index (χ1) is 14.9. The van der Waals surface area contributed by atoms with E-state index in [0.717, 1.165) is 5.56 Å². The molecule has 3 aromatic rings. The average Bonchev–Trinajstić information content (AvgIpc) is 3.35. The smallest absolute Gasteiger partial charge is 0.337 e. The number of rotatable bonds is 4. The molecule has 0 atom stereocenters. The minimum Gasteiger partial charge on any atom is -0.465 e. The maximum Gasteiger partial charge on any atom is 0.337 e. The van der Waals surface area contributed by atoms with Crippen molar-refractivity contribution in [2.75, 3.05) is 14.2 Å². The number of benzene rings is 2. The molecule has 0 saturated carbocycles. The van der Waals surface area contributed by atoms with Gasteiger partial charge < -0.3 is 9.15 Å². The van der Waals surface area contributed by atoms with Crippen LogP contribution in [0.4, 0.5) is 5.69 Å². The zero-order valence-electron chi connectivity index (χ0n) is 16.7. The van der Waals surface area contributed by atoms with E-state index in [1.54, 1.807) is 55.6 Å². The van der Waals surface area contributed by atoms with Gasteiger partial charge in [0.15, 0.2) is 5.17 Å². The fourth-order valence-corrected chi connectivity index (χ4v) is 4.00. The number of ether oxygens (including phenoxy) is 1. The Kier molecular flexibility index (Phi) is 5.97. The van der Waals surface area contributed by atoms with Gasteiger partial charge in [0.25, 0.3) is 5.91 Å². The van der Waals surface area contributed by atoms with Gasteiger partial charge in [-0.15, -0.1) is 0 Å². The van der Waals surface area contributed by atoms with E-state index < -0.39 is 5.97 Å². The molecule has 4 rings (SSSR count). The van der Waals surface area contributed by atoms with Crippen molar-refractivity contribution < 1.29 is 18.7 Å². The molecule has 0 bridgehead atoms. The second-order valence-electron chi connectivity index (χ2n) is 6.62. The highest BCUT2D eigenvalue weighted by Crippen LogP contribution is 2.34. The monoisotopic (exact) mass is 452 g/mol. The van der Waals surface area contributed by atoms with Crippen LogP contribution in [0.1, 0.15) is 16.1 Å². The first-order valence-electron chi connectivity index (χ1n) is 9.25. The van der Waals surface area contributed by atoms with Crippen LogP contribution >= 0.6 is 23.4 Å². The van der Waals surface area contributed by atoms with E-state index in [1.165, 1.54) is 23.8 Å².